The molecule has 4 rings (SSSR count). The Labute approximate surface area is 137 Å². The summed E-state index contributed by atoms with van der Waals surface area (Å²) in [5.41, 5.74) is 3.20. The van der Waals surface area contributed by atoms with Crippen LogP contribution in [0.25, 0.3) is 5.65 Å². The molecule has 0 amide bonds. The van der Waals surface area contributed by atoms with Crippen molar-refractivity contribution in [2.45, 2.75) is 50.5 Å². The SMILES string of the molecule is CN(CCN(C)C1CCCC1)c1cc(C2CC2)nn2cnnc12. The van der Waals surface area contributed by atoms with Crippen LogP contribution in [0.2, 0.25) is 0 Å². The Balaban J connectivity index is 1.49. The number of rotatable bonds is 6. The van der Waals surface area contributed by atoms with Gasteiger partial charge < -0.3 is 9.80 Å². The monoisotopic (exact) mass is 314 g/mol. The lowest BCUT2D eigenvalue weighted by molar-refractivity contribution is 0.251. The Morgan fingerprint density at radius 2 is 1.91 bits per heavy atom. The molecule has 0 unspecified atom stereocenters. The van der Waals surface area contributed by atoms with Gasteiger partial charge in [-0.2, -0.15) is 9.61 Å². The highest BCUT2D eigenvalue weighted by Gasteiger charge is 2.27. The third kappa shape index (κ3) is 3.04. The van der Waals surface area contributed by atoms with Crippen molar-refractivity contribution in [3.05, 3.63) is 18.1 Å². The molecule has 6 heteroatoms. The van der Waals surface area contributed by atoms with Crippen molar-refractivity contribution in [2.75, 3.05) is 32.1 Å². The van der Waals surface area contributed by atoms with Crippen LogP contribution >= 0.6 is 0 Å². The van der Waals surface area contributed by atoms with E-state index in [1.54, 1.807) is 6.33 Å². The maximum atomic E-state index is 4.65. The minimum atomic E-state index is 0.634. The molecule has 0 N–H and O–H groups in total. The number of aromatic nitrogens is 4. The maximum absolute atomic E-state index is 4.65. The zero-order chi connectivity index (χ0) is 15.8. The van der Waals surface area contributed by atoms with Crippen LogP contribution in [0, 0.1) is 0 Å². The second-order valence-electron chi connectivity index (χ2n) is 7.17. The molecular weight excluding hydrogens is 288 g/mol. The van der Waals surface area contributed by atoms with E-state index in [4.69, 9.17) is 0 Å². The second-order valence-corrected chi connectivity index (χ2v) is 7.17. The summed E-state index contributed by atoms with van der Waals surface area (Å²) in [5.74, 6) is 0.634. The smallest absolute Gasteiger partial charge is 0.200 e. The van der Waals surface area contributed by atoms with Crippen LogP contribution in [-0.2, 0) is 0 Å². The molecule has 23 heavy (non-hydrogen) atoms. The fraction of sp³-hybridized carbons (Fsp3) is 0.706. The van der Waals surface area contributed by atoms with Crippen molar-refractivity contribution in [2.24, 2.45) is 0 Å². The normalized spacial score (nSPS) is 19.1. The van der Waals surface area contributed by atoms with E-state index in [2.05, 4.69) is 45.3 Å². The molecule has 0 saturated heterocycles. The molecule has 0 bridgehead atoms. The molecule has 2 saturated carbocycles. The van der Waals surface area contributed by atoms with Gasteiger partial charge in [0.2, 0.25) is 5.65 Å². The van der Waals surface area contributed by atoms with E-state index in [9.17, 15) is 0 Å². The predicted octanol–water partition coefficient (Wildman–Crippen LogP) is 2.31. The zero-order valence-electron chi connectivity index (χ0n) is 14.1. The highest BCUT2D eigenvalue weighted by atomic mass is 15.4. The van der Waals surface area contributed by atoms with E-state index in [1.807, 2.05) is 4.52 Å². The molecule has 0 aliphatic heterocycles. The molecule has 0 spiro atoms. The lowest BCUT2D eigenvalue weighted by atomic mass is 10.2. The Bertz CT molecular complexity index is 671. The molecule has 0 atom stereocenters. The van der Waals surface area contributed by atoms with Crippen molar-refractivity contribution < 1.29 is 0 Å². The topological polar surface area (TPSA) is 49.6 Å². The first-order valence-electron chi connectivity index (χ1n) is 8.84. The fourth-order valence-corrected chi connectivity index (χ4v) is 3.64. The summed E-state index contributed by atoms with van der Waals surface area (Å²) < 4.78 is 1.83. The summed E-state index contributed by atoms with van der Waals surface area (Å²) in [4.78, 5) is 4.83. The molecule has 6 nitrogen and oxygen atoms in total. The van der Waals surface area contributed by atoms with Crippen molar-refractivity contribution in [1.82, 2.24) is 24.7 Å². The van der Waals surface area contributed by atoms with Gasteiger partial charge in [0.25, 0.3) is 0 Å². The summed E-state index contributed by atoms with van der Waals surface area (Å²) in [5, 5.41) is 13.0. The third-order valence-corrected chi connectivity index (χ3v) is 5.41. The molecule has 0 radical (unpaired) electrons. The predicted molar refractivity (Wildman–Crippen MR) is 90.9 cm³/mol. The van der Waals surface area contributed by atoms with E-state index < -0.39 is 0 Å². The molecular formula is C17H26N6. The Kier molecular flexibility index (Phi) is 3.93. The van der Waals surface area contributed by atoms with Gasteiger partial charge in [-0.1, -0.05) is 12.8 Å². The van der Waals surface area contributed by atoms with Crippen LogP contribution in [0.15, 0.2) is 12.4 Å². The average molecular weight is 314 g/mol. The van der Waals surface area contributed by atoms with Crippen LogP contribution < -0.4 is 4.90 Å². The first kappa shape index (κ1) is 14.9. The Morgan fingerprint density at radius 1 is 1.13 bits per heavy atom. The summed E-state index contributed by atoms with van der Waals surface area (Å²) in [6.45, 7) is 2.09. The third-order valence-electron chi connectivity index (χ3n) is 5.41. The number of nitrogens with zero attached hydrogens (tertiary/aromatic N) is 6. The number of anilines is 1. The van der Waals surface area contributed by atoms with E-state index in [1.165, 1.54) is 44.2 Å². The van der Waals surface area contributed by atoms with Gasteiger partial charge in [0.05, 0.1) is 11.4 Å². The fourth-order valence-electron chi connectivity index (χ4n) is 3.64. The molecule has 124 valence electrons. The lowest BCUT2D eigenvalue weighted by Crippen LogP contribution is -2.36. The molecule has 2 heterocycles. The standard InChI is InChI=1S/C17H26N6/c1-21(14-5-3-4-6-14)9-10-22(2)16-11-15(13-7-8-13)20-23-12-18-19-17(16)23/h11-14H,3-10H2,1-2H3. The number of hydrogen-bond donors (Lipinski definition) is 0. The summed E-state index contributed by atoms with van der Waals surface area (Å²) in [7, 11) is 4.42. The van der Waals surface area contributed by atoms with Gasteiger partial charge >= 0.3 is 0 Å². The minimum Gasteiger partial charge on any atom is -0.370 e. The largest absolute Gasteiger partial charge is 0.370 e. The first-order chi connectivity index (χ1) is 11.2. The molecule has 2 aromatic rings. The molecule has 2 aromatic heterocycles. The average Bonchev–Trinajstić information content (AvgIpc) is 3.08. The van der Waals surface area contributed by atoms with Gasteiger partial charge in [-0.3, -0.25) is 0 Å². The Morgan fingerprint density at radius 3 is 2.65 bits per heavy atom. The number of fused-ring (bicyclic) bond motifs is 1. The van der Waals surface area contributed by atoms with Gasteiger partial charge in [-0.15, -0.1) is 10.2 Å². The maximum Gasteiger partial charge on any atom is 0.200 e. The molecule has 2 fully saturated rings. The highest BCUT2D eigenvalue weighted by molar-refractivity contribution is 5.68. The highest BCUT2D eigenvalue weighted by Crippen LogP contribution is 2.40. The van der Waals surface area contributed by atoms with Gasteiger partial charge in [-0.05, 0) is 38.8 Å². The Hall–Kier alpha value is -1.69. The van der Waals surface area contributed by atoms with E-state index in [0.717, 1.165) is 30.5 Å². The quantitative estimate of drug-likeness (QED) is 0.819. The number of hydrogen-bond acceptors (Lipinski definition) is 5. The molecule has 2 aliphatic rings. The van der Waals surface area contributed by atoms with E-state index >= 15 is 0 Å². The van der Waals surface area contributed by atoms with Gasteiger partial charge in [0.15, 0.2) is 0 Å². The van der Waals surface area contributed by atoms with E-state index in [-0.39, 0.29) is 0 Å². The van der Waals surface area contributed by atoms with E-state index in [0.29, 0.717) is 5.92 Å². The van der Waals surface area contributed by atoms with Crippen molar-refractivity contribution in [1.29, 1.82) is 0 Å². The van der Waals surface area contributed by atoms with Gasteiger partial charge in [0, 0.05) is 32.1 Å². The van der Waals surface area contributed by atoms with Crippen molar-refractivity contribution >= 4 is 11.3 Å². The first-order valence-corrected chi connectivity index (χ1v) is 8.84. The lowest BCUT2D eigenvalue weighted by Gasteiger charge is -2.27. The van der Waals surface area contributed by atoms with Crippen LogP contribution in [0.4, 0.5) is 5.69 Å². The number of likely N-dealkylation sites (N-methyl/N-ethyl adjacent to an activating group) is 2. The van der Waals surface area contributed by atoms with Gasteiger partial charge in [0.1, 0.15) is 6.33 Å². The summed E-state index contributed by atoms with van der Waals surface area (Å²) in [6.07, 6.45) is 9.72. The van der Waals surface area contributed by atoms with Crippen LogP contribution in [0.5, 0.6) is 0 Å². The summed E-state index contributed by atoms with van der Waals surface area (Å²) >= 11 is 0. The summed E-state index contributed by atoms with van der Waals surface area (Å²) in [6, 6.07) is 2.99. The van der Waals surface area contributed by atoms with Crippen molar-refractivity contribution in [3.63, 3.8) is 0 Å². The van der Waals surface area contributed by atoms with Crippen LogP contribution in [0.3, 0.4) is 0 Å². The molecule has 0 aromatic carbocycles. The zero-order valence-corrected chi connectivity index (χ0v) is 14.1. The van der Waals surface area contributed by atoms with Crippen molar-refractivity contribution in [3.8, 4) is 0 Å². The molecule has 2 aliphatic carbocycles. The van der Waals surface area contributed by atoms with Crippen LogP contribution in [0.1, 0.15) is 50.1 Å². The minimum absolute atomic E-state index is 0.634. The van der Waals surface area contributed by atoms with Gasteiger partial charge in [-0.25, -0.2) is 0 Å². The van der Waals surface area contributed by atoms with Crippen LogP contribution in [-0.4, -0.2) is 57.9 Å². The second kappa shape index (κ2) is 6.07.